The highest BCUT2D eigenvalue weighted by atomic mass is 35.5. The van der Waals surface area contributed by atoms with Crippen molar-refractivity contribution in [1.82, 2.24) is 0 Å². The van der Waals surface area contributed by atoms with E-state index in [-0.39, 0.29) is 18.4 Å². The summed E-state index contributed by atoms with van der Waals surface area (Å²) in [7, 11) is -1.39. The minimum absolute atomic E-state index is 0.0456. The second-order valence-corrected chi connectivity index (χ2v) is 11.6. The van der Waals surface area contributed by atoms with Crippen molar-refractivity contribution < 1.29 is 14.6 Å². The molecule has 3 nitrogen and oxygen atoms in total. The molecule has 0 aromatic heterocycles. The van der Waals surface area contributed by atoms with Crippen LogP contribution in [0.15, 0.2) is 24.3 Å². The highest BCUT2D eigenvalue weighted by Crippen LogP contribution is 2.40. The molecule has 0 saturated carbocycles. The quantitative estimate of drug-likeness (QED) is 0.581. The van der Waals surface area contributed by atoms with Gasteiger partial charge in [0, 0.05) is 5.02 Å². The van der Waals surface area contributed by atoms with Gasteiger partial charge in [0.15, 0.2) is 0 Å². The van der Waals surface area contributed by atoms with Gasteiger partial charge in [-0.05, 0) is 18.2 Å². The van der Waals surface area contributed by atoms with Crippen molar-refractivity contribution in [3.05, 3.63) is 29.3 Å². The van der Waals surface area contributed by atoms with Crippen LogP contribution < -0.4 is 4.74 Å². The van der Waals surface area contributed by atoms with Gasteiger partial charge < -0.3 is 14.6 Å². The highest BCUT2D eigenvalue weighted by Gasteiger charge is 2.56. The van der Waals surface area contributed by atoms with Gasteiger partial charge in [-0.25, -0.2) is 0 Å². The van der Waals surface area contributed by atoms with Gasteiger partial charge in [0.05, 0.1) is 13.8 Å². The Morgan fingerprint density at radius 1 is 1.29 bits per heavy atom. The van der Waals surface area contributed by atoms with Gasteiger partial charge in [-0.2, -0.15) is 0 Å². The molecule has 1 aliphatic heterocycles. The third kappa shape index (κ3) is 3.80. The largest absolute Gasteiger partial charge is 0.491 e. The maximum atomic E-state index is 10.3. The lowest BCUT2D eigenvalue weighted by Crippen LogP contribution is -2.42. The van der Waals surface area contributed by atoms with E-state index in [1.54, 1.807) is 12.1 Å². The van der Waals surface area contributed by atoms with E-state index in [9.17, 15) is 5.11 Å². The Morgan fingerprint density at radius 3 is 2.52 bits per heavy atom. The molecular weight excluding hydrogens is 304 g/mol. The van der Waals surface area contributed by atoms with Crippen LogP contribution in [-0.4, -0.2) is 37.7 Å². The fraction of sp³-hybridized carbons (Fsp3) is 0.625. The lowest BCUT2D eigenvalue weighted by atomic mass is 10.3. The first-order chi connectivity index (χ1) is 10.1. The molecule has 21 heavy (non-hydrogen) atoms. The maximum absolute atomic E-state index is 10.3. The molecule has 1 fully saturated rings. The predicted octanol–water partition coefficient (Wildman–Crippen LogP) is 3.89. The van der Waals surface area contributed by atoms with E-state index >= 15 is 0 Å². The lowest BCUT2D eigenvalue weighted by Gasteiger charge is -2.26. The zero-order valence-electron chi connectivity index (χ0n) is 13.0. The second kappa shape index (κ2) is 7.14. The summed E-state index contributed by atoms with van der Waals surface area (Å²) in [4.78, 5) is 0. The van der Waals surface area contributed by atoms with E-state index in [0.717, 1.165) is 0 Å². The number of benzene rings is 1. The molecule has 1 aliphatic rings. The Bertz CT molecular complexity index is 456. The summed E-state index contributed by atoms with van der Waals surface area (Å²) in [6.07, 6.45) is -0.610. The molecule has 0 aliphatic carbocycles. The third-order valence-electron chi connectivity index (χ3n) is 4.84. The number of aliphatic hydroxyl groups is 1. The van der Waals surface area contributed by atoms with Gasteiger partial charge in [-0.15, -0.1) is 0 Å². The average Bonchev–Trinajstić information content (AvgIpc) is 3.29. The molecule has 1 heterocycles. The van der Waals surface area contributed by atoms with Crippen LogP contribution in [0.25, 0.3) is 0 Å². The van der Waals surface area contributed by atoms with Crippen LogP contribution in [0.2, 0.25) is 23.2 Å². The molecule has 0 radical (unpaired) electrons. The third-order valence-corrected chi connectivity index (χ3v) is 11.0. The fourth-order valence-corrected chi connectivity index (χ4v) is 7.35. The molecule has 0 bridgehead atoms. The molecule has 1 aromatic rings. The Kier molecular flexibility index (Phi) is 5.71. The Labute approximate surface area is 133 Å². The first-order valence-corrected chi connectivity index (χ1v) is 10.9. The molecule has 1 saturated heterocycles. The number of aliphatic hydroxyl groups excluding tert-OH is 1. The van der Waals surface area contributed by atoms with Crippen LogP contribution in [0.1, 0.15) is 20.8 Å². The van der Waals surface area contributed by atoms with Crippen molar-refractivity contribution >= 4 is 19.7 Å². The monoisotopic (exact) mass is 328 g/mol. The fourth-order valence-electron chi connectivity index (χ4n) is 3.10. The van der Waals surface area contributed by atoms with Crippen LogP contribution >= 0.6 is 11.6 Å². The summed E-state index contributed by atoms with van der Waals surface area (Å²) in [5, 5.41) is 10.9. The summed E-state index contributed by atoms with van der Waals surface area (Å²) in [6, 6.07) is 10.9. The number of epoxide rings is 1. The van der Waals surface area contributed by atoms with Gasteiger partial charge >= 0.3 is 0 Å². The van der Waals surface area contributed by atoms with Crippen molar-refractivity contribution in [2.75, 3.05) is 6.61 Å². The number of rotatable bonds is 8. The van der Waals surface area contributed by atoms with Gasteiger partial charge in [0.2, 0.25) is 0 Å². The van der Waals surface area contributed by atoms with Crippen molar-refractivity contribution in [3.8, 4) is 5.75 Å². The molecule has 3 atom stereocenters. The van der Waals surface area contributed by atoms with E-state index < -0.39 is 14.2 Å². The predicted molar refractivity (Wildman–Crippen MR) is 88.8 cm³/mol. The zero-order chi connectivity index (χ0) is 15.5. The summed E-state index contributed by atoms with van der Waals surface area (Å²) >= 11 is 5.91. The van der Waals surface area contributed by atoms with E-state index in [4.69, 9.17) is 21.1 Å². The van der Waals surface area contributed by atoms with Crippen LogP contribution in [0.3, 0.4) is 0 Å². The summed E-state index contributed by atoms with van der Waals surface area (Å²) in [6.45, 7) is 7.02. The maximum Gasteiger partial charge on any atom is 0.120 e. The SMILES string of the molecule is CC[Si](CC)(CC)C1OC1[C@@H](O)COc1cccc(Cl)c1. The van der Waals surface area contributed by atoms with E-state index in [1.165, 1.54) is 18.1 Å². The van der Waals surface area contributed by atoms with Gasteiger partial charge in [0.25, 0.3) is 0 Å². The molecule has 0 spiro atoms. The Balaban J connectivity index is 1.87. The van der Waals surface area contributed by atoms with Gasteiger partial charge in [-0.3, -0.25) is 0 Å². The smallest absolute Gasteiger partial charge is 0.120 e. The van der Waals surface area contributed by atoms with Crippen LogP contribution in [0, 0.1) is 0 Å². The second-order valence-electron chi connectivity index (χ2n) is 5.78. The zero-order valence-corrected chi connectivity index (χ0v) is 14.8. The minimum atomic E-state index is -1.39. The van der Waals surface area contributed by atoms with Gasteiger partial charge in [-0.1, -0.05) is 56.6 Å². The summed E-state index contributed by atoms with van der Waals surface area (Å²) in [5.74, 6) is 0.684. The topological polar surface area (TPSA) is 42.0 Å². The molecule has 2 rings (SSSR count). The van der Waals surface area contributed by atoms with E-state index in [2.05, 4.69) is 20.8 Å². The number of hydrogen-bond acceptors (Lipinski definition) is 3. The molecular formula is C16H25ClO3Si. The number of ether oxygens (including phenoxy) is 2. The molecule has 1 N–H and O–H groups in total. The van der Waals surface area contributed by atoms with E-state index in [1.807, 2.05) is 12.1 Å². The van der Waals surface area contributed by atoms with Crippen molar-refractivity contribution in [2.45, 2.75) is 56.8 Å². The van der Waals surface area contributed by atoms with E-state index in [0.29, 0.717) is 10.8 Å². The van der Waals surface area contributed by atoms with Crippen molar-refractivity contribution in [2.24, 2.45) is 0 Å². The van der Waals surface area contributed by atoms with Crippen LogP contribution in [0.4, 0.5) is 0 Å². The summed E-state index contributed by atoms with van der Waals surface area (Å²) < 4.78 is 11.4. The highest BCUT2D eigenvalue weighted by molar-refractivity contribution is 6.81. The van der Waals surface area contributed by atoms with Crippen LogP contribution in [0.5, 0.6) is 5.75 Å². The first-order valence-electron chi connectivity index (χ1n) is 7.78. The molecule has 0 amide bonds. The van der Waals surface area contributed by atoms with Gasteiger partial charge in [0.1, 0.15) is 24.6 Å². The first kappa shape index (κ1) is 16.8. The average molecular weight is 329 g/mol. The molecule has 2 unspecified atom stereocenters. The normalized spacial score (nSPS) is 22.9. The van der Waals surface area contributed by atoms with Crippen molar-refractivity contribution in [3.63, 3.8) is 0 Å². The molecule has 1 aromatic carbocycles. The molecule has 5 heteroatoms. The van der Waals surface area contributed by atoms with Crippen molar-refractivity contribution in [1.29, 1.82) is 0 Å². The number of hydrogen-bond donors (Lipinski definition) is 1. The molecule has 118 valence electrons. The Hall–Kier alpha value is -0.553. The lowest BCUT2D eigenvalue weighted by molar-refractivity contribution is 0.0809. The Morgan fingerprint density at radius 2 is 1.95 bits per heavy atom. The van der Waals surface area contributed by atoms with Crippen LogP contribution in [-0.2, 0) is 4.74 Å². The standard InChI is InChI=1S/C16H25ClO3Si/c1-4-21(5-2,6-3)16-15(20-16)14(18)11-19-13-9-7-8-12(17)10-13/h7-10,14-16,18H,4-6,11H2,1-3H3/t14-,15?,16?/m0/s1. The minimum Gasteiger partial charge on any atom is -0.491 e. The summed E-state index contributed by atoms with van der Waals surface area (Å²) in [5.41, 5.74) is 0.287. The number of halogens is 1.